The number of ether oxygens (including phenoxy) is 1. The van der Waals surface area contributed by atoms with Crippen LogP contribution in [0, 0.1) is 11.8 Å². The van der Waals surface area contributed by atoms with Crippen LogP contribution in [0.2, 0.25) is 0 Å². The summed E-state index contributed by atoms with van der Waals surface area (Å²) >= 11 is 0. The summed E-state index contributed by atoms with van der Waals surface area (Å²) < 4.78 is 5.06. The molecule has 0 radical (unpaired) electrons. The maximum Gasteiger partial charge on any atom is 0.238 e. The standard InChI is InChI=1S/C15H24N2O2/c1-11(2)12(3)9-16-10-15(18)17-13-5-7-14(19-4)8-6-13/h5-8,11-12,16H,9-10H2,1-4H3,(H,17,18). The number of anilines is 1. The van der Waals surface area contributed by atoms with Crippen LogP contribution in [-0.2, 0) is 4.79 Å². The molecule has 0 aromatic heterocycles. The van der Waals surface area contributed by atoms with Gasteiger partial charge in [-0.2, -0.15) is 0 Å². The monoisotopic (exact) mass is 264 g/mol. The van der Waals surface area contributed by atoms with Crippen molar-refractivity contribution in [3.05, 3.63) is 24.3 Å². The molecule has 2 N–H and O–H groups in total. The summed E-state index contributed by atoms with van der Waals surface area (Å²) in [7, 11) is 1.62. The topological polar surface area (TPSA) is 50.4 Å². The molecular formula is C15H24N2O2. The number of amides is 1. The van der Waals surface area contributed by atoms with E-state index in [1.807, 2.05) is 24.3 Å². The number of hydrogen-bond donors (Lipinski definition) is 2. The largest absolute Gasteiger partial charge is 0.497 e. The SMILES string of the molecule is COc1ccc(NC(=O)CNCC(C)C(C)C)cc1. The Morgan fingerprint density at radius 3 is 2.37 bits per heavy atom. The summed E-state index contributed by atoms with van der Waals surface area (Å²) in [6.45, 7) is 7.74. The number of methoxy groups -OCH3 is 1. The maximum atomic E-state index is 11.7. The van der Waals surface area contributed by atoms with Crippen molar-refractivity contribution in [1.29, 1.82) is 0 Å². The Kier molecular flexibility index (Phi) is 6.36. The van der Waals surface area contributed by atoms with E-state index in [0.717, 1.165) is 18.0 Å². The summed E-state index contributed by atoms with van der Waals surface area (Å²) in [6, 6.07) is 7.30. The highest BCUT2D eigenvalue weighted by Gasteiger charge is 2.07. The molecule has 19 heavy (non-hydrogen) atoms. The van der Waals surface area contributed by atoms with Gasteiger partial charge in [0.15, 0.2) is 0 Å². The molecule has 1 unspecified atom stereocenters. The van der Waals surface area contributed by atoms with Crippen LogP contribution in [0.4, 0.5) is 5.69 Å². The first kappa shape index (κ1) is 15.5. The molecule has 0 aliphatic heterocycles. The molecular weight excluding hydrogens is 240 g/mol. The molecule has 1 aromatic carbocycles. The van der Waals surface area contributed by atoms with Crippen LogP contribution in [0.5, 0.6) is 5.75 Å². The molecule has 106 valence electrons. The summed E-state index contributed by atoms with van der Waals surface area (Å²) in [5, 5.41) is 6.01. The quantitative estimate of drug-likeness (QED) is 0.795. The summed E-state index contributed by atoms with van der Waals surface area (Å²) in [6.07, 6.45) is 0. The van der Waals surface area contributed by atoms with Crippen molar-refractivity contribution in [1.82, 2.24) is 5.32 Å². The van der Waals surface area contributed by atoms with E-state index in [4.69, 9.17) is 4.74 Å². The highest BCUT2D eigenvalue weighted by Crippen LogP contribution is 2.14. The average molecular weight is 264 g/mol. The van der Waals surface area contributed by atoms with Crippen LogP contribution in [0.1, 0.15) is 20.8 Å². The molecule has 0 heterocycles. The van der Waals surface area contributed by atoms with Crippen LogP contribution in [0.3, 0.4) is 0 Å². The van der Waals surface area contributed by atoms with E-state index in [-0.39, 0.29) is 5.91 Å². The highest BCUT2D eigenvalue weighted by atomic mass is 16.5. The molecule has 4 heteroatoms. The zero-order valence-corrected chi connectivity index (χ0v) is 12.2. The molecule has 1 rings (SSSR count). The molecule has 0 fully saturated rings. The molecule has 1 aromatic rings. The van der Waals surface area contributed by atoms with E-state index in [2.05, 4.69) is 31.4 Å². The van der Waals surface area contributed by atoms with Gasteiger partial charge in [-0.15, -0.1) is 0 Å². The first-order chi connectivity index (χ1) is 9.02. The van der Waals surface area contributed by atoms with Crippen molar-refractivity contribution < 1.29 is 9.53 Å². The van der Waals surface area contributed by atoms with Gasteiger partial charge in [-0.3, -0.25) is 4.79 Å². The average Bonchev–Trinajstić information content (AvgIpc) is 2.39. The minimum Gasteiger partial charge on any atom is -0.497 e. The van der Waals surface area contributed by atoms with Crippen LogP contribution in [0.15, 0.2) is 24.3 Å². The highest BCUT2D eigenvalue weighted by molar-refractivity contribution is 5.92. The Balaban J connectivity index is 2.30. The lowest BCUT2D eigenvalue weighted by Crippen LogP contribution is -2.32. The van der Waals surface area contributed by atoms with Crippen LogP contribution in [0.25, 0.3) is 0 Å². The smallest absolute Gasteiger partial charge is 0.238 e. The Morgan fingerprint density at radius 2 is 1.84 bits per heavy atom. The van der Waals surface area contributed by atoms with Gasteiger partial charge in [-0.05, 0) is 42.6 Å². The van der Waals surface area contributed by atoms with Gasteiger partial charge in [0.05, 0.1) is 13.7 Å². The number of nitrogens with one attached hydrogen (secondary N) is 2. The van der Waals surface area contributed by atoms with E-state index in [1.54, 1.807) is 7.11 Å². The number of carbonyl (C=O) groups is 1. The summed E-state index contributed by atoms with van der Waals surface area (Å²) in [5.41, 5.74) is 0.782. The number of rotatable bonds is 7. The van der Waals surface area contributed by atoms with Gasteiger partial charge < -0.3 is 15.4 Å². The summed E-state index contributed by atoms with van der Waals surface area (Å²) in [5.74, 6) is 1.94. The van der Waals surface area contributed by atoms with Crippen molar-refractivity contribution in [2.45, 2.75) is 20.8 Å². The number of carbonyl (C=O) groups excluding carboxylic acids is 1. The molecule has 0 aliphatic rings. The maximum absolute atomic E-state index is 11.7. The van der Waals surface area contributed by atoms with Crippen LogP contribution in [-0.4, -0.2) is 26.1 Å². The Hall–Kier alpha value is -1.55. The third kappa shape index (κ3) is 5.75. The van der Waals surface area contributed by atoms with Crippen molar-refractivity contribution in [3.8, 4) is 5.75 Å². The third-order valence-electron chi connectivity index (χ3n) is 3.26. The second kappa shape index (κ2) is 7.79. The first-order valence-corrected chi connectivity index (χ1v) is 6.67. The lowest BCUT2D eigenvalue weighted by Gasteiger charge is -2.15. The summed E-state index contributed by atoms with van der Waals surface area (Å²) in [4.78, 5) is 11.7. The zero-order chi connectivity index (χ0) is 14.3. The normalized spacial score (nSPS) is 12.3. The van der Waals surface area contributed by atoms with Crippen LogP contribution >= 0.6 is 0 Å². The zero-order valence-electron chi connectivity index (χ0n) is 12.2. The van der Waals surface area contributed by atoms with Crippen molar-refractivity contribution in [3.63, 3.8) is 0 Å². The molecule has 1 atom stereocenters. The Morgan fingerprint density at radius 1 is 1.21 bits per heavy atom. The van der Waals surface area contributed by atoms with Crippen molar-refractivity contribution in [2.75, 3.05) is 25.5 Å². The first-order valence-electron chi connectivity index (χ1n) is 6.67. The lowest BCUT2D eigenvalue weighted by molar-refractivity contribution is -0.115. The molecule has 0 aliphatic carbocycles. The van der Waals surface area contributed by atoms with Gasteiger partial charge in [-0.25, -0.2) is 0 Å². The van der Waals surface area contributed by atoms with E-state index in [1.165, 1.54) is 0 Å². The second-order valence-electron chi connectivity index (χ2n) is 5.13. The predicted molar refractivity (Wildman–Crippen MR) is 78.5 cm³/mol. The predicted octanol–water partition coefficient (Wildman–Crippen LogP) is 2.52. The van der Waals surface area contributed by atoms with Gasteiger partial charge in [0.25, 0.3) is 0 Å². The van der Waals surface area contributed by atoms with Gasteiger partial charge in [0.1, 0.15) is 5.75 Å². The molecule has 1 amide bonds. The van der Waals surface area contributed by atoms with E-state index in [9.17, 15) is 4.79 Å². The Bertz CT molecular complexity index is 388. The fourth-order valence-electron chi connectivity index (χ4n) is 1.53. The Labute approximate surface area is 115 Å². The molecule has 0 saturated heterocycles. The molecule has 0 saturated carbocycles. The second-order valence-corrected chi connectivity index (χ2v) is 5.13. The fraction of sp³-hybridized carbons (Fsp3) is 0.533. The van der Waals surface area contributed by atoms with E-state index in [0.29, 0.717) is 18.4 Å². The molecule has 0 spiro atoms. The number of benzene rings is 1. The minimum absolute atomic E-state index is 0.0267. The lowest BCUT2D eigenvalue weighted by atomic mass is 9.98. The van der Waals surface area contributed by atoms with Crippen LogP contribution < -0.4 is 15.4 Å². The van der Waals surface area contributed by atoms with Crippen molar-refractivity contribution in [2.24, 2.45) is 11.8 Å². The molecule has 0 bridgehead atoms. The van der Waals surface area contributed by atoms with Gasteiger partial charge in [0.2, 0.25) is 5.91 Å². The van der Waals surface area contributed by atoms with Crippen molar-refractivity contribution >= 4 is 11.6 Å². The molecule has 4 nitrogen and oxygen atoms in total. The van der Waals surface area contributed by atoms with Gasteiger partial charge >= 0.3 is 0 Å². The number of hydrogen-bond acceptors (Lipinski definition) is 3. The van der Waals surface area contributed by atoms with E-state index < -0.39 is 0 Å². The fourth-order valence-corrected chi connectivity index (χ4v) is 1.53. The van der Waals surface area contributed by atoms with E-state index >= 15 is 0 Å². The van der Waals surface area contributed by atoms with Gasteiger partial charge in [0, 0.05) is 5.69 Å². The third-order valence-corrected chi connectivity index (χ3v) is 3.26. The van der Waals surface area contributed by atoms with Gasteiger partial charge in [-0.1, -0.05) is 20.8 Å². The minimum atomic E-state index is -0.0267.